The van der Waals surface area contributed by atoms with Crippen molar-refractivity contribution < 1.29 is 0 Å². The lowest BCUT2D eigenvalue weighted by atomic mass is 9.80. The molecule has 42 heavy (non-hydrogen) atoms. The first-order chi connectivity index (χ1) is 19.0. The van der Waals surface area contributed by atoms with E-state index in [0.29, 0.717) is 0 Å². The highest BCUT2D eigenvalue weighted by atomic mass is 32.2. The zero-order valence-corrected chi connectivity index (χ0v) is 29.9. The molecular weight excluding hydrogens is 551 g/mol. The van der Waals surface area contributed by atoms with E-state index in [4.69, 9.17) is 4.98 Å². The van der Waals surface area contributed by atoms with Gasteiger partial charge in [0.2, 0.25) is 0 Å². The third kappa shape index (κ3) is 5.61. The maximum atomic E-state index is 5.41. The molecule has 226 valence electrons. The Hall–Kier alpha value is -2.11. The van der Waals surface area contributed by atoms with Crippen molar-refractivity contribution in [2.45, 2.75) is 138 Å². The minimum atomic E-state index is -0.364. The number of hydrogen-bond acceptors (Lipinski definition) is 5. The summed E-state index contributed by atoms with van der Waals surface area (Å²) in [6, 6.07) is 16.1. The smallest absolute Gasteiger partial charge is 0.128 e. The second kappa shape index (κ2) is 9.69. The Bertz CT molecular complexity index is 1430. The van der Waals surface area contributed by atoms with E-state index in [9.17, 15) is 0 Å². The van der Waals surface area contributed by atoms with Crippen LogP contribution in [-0.4, -0.2) is 4.98 Å². The molecule has 0 bridgehead atoms. The Morgan fingerprint density at radius 3 is 1.21 bits per heavy atom. The van der Waals surface area contributed by atoms with E-state index in [1.807, 2.05) is 23.5 Å². The number of pyridine rings is 1. The van der Waals surface area contributed by atoms with E-state index in [1.165, 1.54) is 43.4 Å². The summed E-state index contributed by atoms with van der Waals surface area (Å²) >= 11 is 3.82. The molecule has 0 spiro atoms. The fourth-order valence-electron chi connectivity index (χ4n) is 5.82. The number of anilines is 2. The zero-order valence-electron chi connectivity index (χ0n) is 28.3. The van der Waals surface area contributed by atoms with Crippen LogP contribution in [0.15, 0.2) is 52.3 Å². The van der Waals surface area contributed by atoms with Crippen molar-refractivity contribution in [3.8, 4) is 0 Å². The van der Waals surface area contributed by atoms with Gasteiger partial charge in [0.25, 0.3) is 0 Å². The highest BCUT2D eigenvalue weighted by Crippen LogP contribution is 2.57. The lowest BCUT2D eigenvalue weighted by Crippen LogP contribution is -2.29. The quantitative estimate of drug-likeness (QED) is 0.306. The van der Waals surface area contributed by atoms with E-state index >= 15 is 0 Å². The molecule has 0 radical (unpaired) electrons. The van der Waals surface area contributed by atoms with Gasteiger partial charge in [0.05, 0.1) is 11.4 Å². The molecule has 2 atom stereocenters. The first kappa shape index (κ1) is 31.3. The number of nitrogens with zero attached hydrogens (tertiary/aromatic N) is 1. The lowest BCUT2D eigenvalue weighted by Gasteiger charge is -2.28. The third-order valence-electron chi connectivity index (χ3n) is 8.61. The molecule has 0 saturated carbocycles. The molecule has 0 aliphatic carbocycles. The predicted molar refractivity (Wildman–Crippen MR) is 186 cm³/mol. The van der Waals surface area contributed by atoms with Gasteiger partial charge in [-0.15, -0.1) is 0 Å². The molecular formula is C37H51N3S2. The van der Waals surface area contributed by atoms with Crippen LogP contribution in [0.3, 0.4) is 0 Å². The van der Waals surface area contributed by atoms with E-state index in [-0.39, 0.29) is 31.4 Å². The molecule has 1 aromatic heterocycles. The largest absolute Gasteiger partial charge is 0.365 e. The minimum Gasteiger partial charge on any atom is -0.365 e. The van der Waals surface area contributed by atoms with Gasteiger partial charge in [0.1, 0.15) is 9.74 Å². The average molecular weight is 602 g/mol. The van der Waals surface area contributed by atoms with Crippen LogP contribution in [0.5, 0.6) is 0 Å². The minimum absolute atomic E-state index is 0.0425. The second-order valence-electron chi connectivity index (χ2n) is 16.7. The Kier molecular flexibility index (Phi) is 7.23. The number of nitrogens with one attached hydrogen (secondary N) is 2. The summed E-state index contributed by atoms with van der Waals surface area (Å²) in [6.45, 7) is 32.3. The summed E-state index contributed by atoms with van der Waals surface area (Å²) in [7, 11) is 0. The number of aromatic nitrogens is 1. The molecule has 3 heterocycles. The van der Waals surface area contributed by atoms with Crippen LogP contribution in [0.1, 0.15) is 131 Å². The Morgan fingerprint density at radius 1 is 0.548 bits per heavy atom. The van der Waals surface area contributed by atoms with E-state index in [2.05, 4.69) is 150 Å². The van der Waals surface area contributed by atoms with Gasteiger partial charge in [-0.1, -0.05) is 125 Å². The van der Waals surface area contributed by atoms with Crippen LogP contribution in [0.2, 0.25) is 0 Å². The predicted octanol–water partition coefficient (Wildman–Crippen LogP) is 11.1. The third-order valence-corrected chi connectivity index (χ3v) is 11.3. The fraction of sp³-hybridized carbons (Fsp3) is 0.541. The molecule has 5 heteroatoms. The van der Waals surface area contributed by atoms with Crippen molar-refractivity contribution in [3.05, 3.63) is 76.1 Å². The van der Waals surface area contributed by atoms with Crippen molar-refractivity contribution >= 4 is 34.9 Å². The number of rotatable bonds is 2. The molecule has 2 aliphatic rings. The number of fused-ring (bicyclic) bond motifs is 2. The van der Waals surface area contributed by atoms with Gasteiger partial charge in [-0.25, -0.2) is 0 Å². The molecule has 5 rings (SSSR count). The van der Waals surface area contributed by atoms with Crippen molar-refractivity contribution in [2.75, 3.05) is 10.6 Å². The molecule has 3 aromatic rings. The van der Waals surface area contributed by atoms with Crippen molar-refractivity contribution in [2.24, 2.45) is 0 Å². The monoisotopic (exact) mass is 601 g/mol. The molecule has 3 nitrogen and oxygen atoms in total. The number of benzene rings is 2. The van der Waals surface area contributed by atoms with Gasteiger partial charge in [-0.05, 0) is 82.0 Å². The van der Waals surface area contributed by atoms with Crippen LogP contribution in [0.4, 0.5) is 11.4 Å². The van der Waals surface area contributed by atoms with E-state index in [1.54, 1.807) is 0 Å². The highest BCUT2D eigenvalue weighted by molar-refractivity contribution is 8.01. The van der Waals surface area contributed by atoms with Crippen molar-refractivity contribution in [1.82, 2.24) is 4.98 Å². The topological polar surface area (TPSA) is 37.0 Å². The zero-order chi connectivity index (χ0) is 31.3. The van der Waals surface area contributed by atoms with Crippen LogP contribution < -0.4 is 10.6 Å². The summed E-state index contributed by atoms with van der Waals surface area (Å²) in [6.07, 6.45) is 0. The van der Waals surface area contributed by atoms with Crippen LogP contribution in [-0.2, 0) is 31.4 Å². The average Bonchev–Trinajstić information content (AvgIpc) is 3.37. The van der Waals surface area contributed by atoms with Gasteiger partial charge >= 0.3 is 0 Å². The fourth-order valence-corrected chi connectivity index (χ4v) is 8.78. The lowest BCUT2D eigenvalue weighted by molar-refractivity contribution is 0.560. The summed E-state index contributed by atoms with van der Waals surface area (Å²) in [5, 5.41) is 7.85. The van der Waals surface area contributed by atoms with Gasteiger partial charge in [0.15, 0.2) is 0 Å². The molecule has 0 amide bonds. The number of hydrogen-bond donors (Lipinski definition) is 2. The molecule has 2 aromatic carbocycles. The SMILES string of the molecule is CC(C)(C)c1cc2c(c(C(C)(C)C)c1)SC(C)(c1cccc(C3(C)Nc4cc(C(C)(C)C)cc(C(C)(C)C)c4S3)n1)N2. The molecule has 0 fully saturated rings. The van der Waals surface area contributed by atoms with Crippen LogP contribution in [0, 0.1) is 0 Å². The standard InChI is InChI=1S/C37H51N3S2/c1-32(2,3)22-18-24(34(7,8)9)30-26(20-22)39-36(13,41-30)28-16-15-17-29(38-28)37(14)40-27-21-23(33(4,5)6)19-25(31(27)42-37)35(10,11)12/h15-21,39-40H,1-14H3. The Balaban J connectivity index is 1.54. The van der Waals surface area contributed by atoms with Crippen LogP contribution >= 0.6 is 23.5 Å². The maximum Gasteiger partial charge on any atom is 0.128 e. The summed E-state index contributed by atoms with van der Waals surface area (Å²) in [5.74, 6) is 0. The Morgan fingerprint density at radius 2 is 0.905 bits per heavy atom. The van der Waals surface area contributed by atoms with E-state index in [0.717, 1.165) is 11.4 Å². The summed E-state index contributed by atoms with van der Waals surface area (Å²) in [4.78, 5) is 7.38. The summed E-state index contributed by atoms with van der Waals surface area (Å²) in [5.41, 5.74) is 10.4. The second-order valence-corrected chi connectivity index (χ2v) is 19.6. The number of thioether (sulfide) groups is 2. The van der Waals surface area contributed by atoms with Gasteiger partial charge < -0.3 is 10.6 Å². The normalized spacial score (nSPS) is 22.4. The molecule has 2 aliphatic heterocycles. The van der Waals surface area contributed by atoms with Crippen molar-refractivity contribution in [1.29, 1.82) is 0 Å². The first-order valence-corrected chi connectivity index (χ1v) is 17.0. The van der Waals surface area contributed by atoms with Gasteiger partial charge in [-0.3, -0.25) is 4.98 Å². The van der Waals surface area contributed by atoms with Crippen LogP contribution in [0.25, 0.3) is 0 Å². The summed E-state index contributed by atoms with van der Waals surface area (Å²) < 4.78 is 0. The molecule has 2 N–H and O–H groups in total. The van der Waals surface area contributed by atoms with Gasteiger partial charge in [0, 0.05) is 21.2 Å². The first-order valence-electron chi connectivity index (χ1n) is 15.3. The molecule has 2 unspecified atom stereocenters. The van der Waals surface area contributed by atoms with E-state index < -0.39 is 0 Å². The highest BCUT2D eigenvalue weighted by Gasteiger charge is 2.43. The Labute approximate surface area is 263 Å². The van der Waals surface area contributed by atoms with Crippen molar-refractivity contribution in [3.63, 3.8) is 0 Å². The maximum absolute atomic E-state index is 5.41. The van der Waals surface area contributed by atoms with Gasteiger partial charge in [-0.2, -0.15) is 0 Å². The molecule has 0 saturated heterocycles.